The van der Waals surface area contributed by atoms with E-state index in [0.717, 1.165) is 19.2 Å². The predicted molar refractivity (Wildman–Crippen MR) is 56.4 cm³/mol. The lowest BCUT2D eigenvalue weighted by molar-refractivity contribution is 0.436. The molecule has 0 fully saturated rings. The highest BCUT2D eigenvalue weighted by atomic mass is 32.2. The number of hydrogen-bond acceptors (Lipinski definition) is 3. The Morgan fingerprint density at radius 1 is 1.41 bits per heavy atom. The molecule has 0 aliphatic rings. The molecule has 0 N–H and O–H groups in total. The zero-order valence-electron chi connectivity index (χ0n) is 9.18. The zero-order valence-corrected chi connectivity index (χ0v) is 10.0. The van der Waals surface area contributed by atoms with Gasteiger partial charge in [0.15, 0.2) is 0 Å². The second kappa shape index (κ2) is 4.77. The van der Waals surface area contributed by atoms with Gasteiger partial charge in [-0.25, -0.2) is 17.2 Å². The molecule has 0 aliphatic carbocycles. The summed E-state index contributed by atoms with van der Waals surface area (Å²) in [5.41, 5.74) is 0. The minimum atomic E-state index is -4.21. The third kappa shape index (κ3) is 2.60. The van der Waals surface area contributed by atoms with Gasteiger partial charge in [-0.05, 0) is 25.1 Å². The molecule has 0 spiro atoms. The van der Waals surface area contributed by atoms with Crippen molar-refractivity contribution in [2.75, 3.05) is 7.05 Å². The summed E-state index contributed by atoms with van der Waals surface area (Å²) in [6, 6.07) is 2.87. The molecule has 0 bridgehead atoms. The zero-order chi connectivity index (χ0) is 13.2. The summed E-state index contributed by atoms with van der Waals surface area (Å²) >= 11 is 0. The number of hydrogen-bond donors (Lipinski definition) is 0. The van der Waals surface area contributed by atoms with Crippen LogP contribution in [0.2, 0.25) is 0 Å². The highest BCUT2D eigenvalue weighted by molar-refractivity contribution is 7.89. The first kappa shape index (κ1) is 13.5. The van der Waals surface area contributed by atoms with Crippen LogP contribution in [0.25, 0.3) is 0 Å². The first-order valence-corrected chi connectivity index (χ1v) is 6.07. The van der Waals surface area contributed by atoms with Crippen LogP contribution in [0.5, 0.6) is 0 Å². The topological polar surface area (TPSA) is 61.2 Å². The monoisotopic (exact) mass is 260 g/mol. The van der Waals surface area contributed by atoms with Gasteiger partial charge in [0.25, 0.3) is 0 Å². The average molecular weight is 260 g/mol. The fourth-order valence-electron chi connectivity index (χ4n) is 1.12. The molecular weight excluding hydrogens is 250 g/mol. The van der Waals surface area contributed by atoms with Crippen LogP contribution in [0.3, 0.4) is 0 Å². The first-order chi connectivity index (χ1) is 7.80. The highest BCUT2D eigenvalue weighted by Gasteiger charge is 2.28. The van der Waals surface area contributed by atoms with Crippen LogP contribution in [0.1, 0.15) is 6.92 Å². The summed E-state index contributed by atoms with van der Waals surface area (Å²) in [6.45, 7) is 1.34. The molecule has 0 amide bonds. The van der Waals surface area contributed by atoms with Gasteiger partial charge in [0.2, 0.25) is 10.0 Å². The van der Waals surface area contributed by atoms with Gasteiger partial charge in [0, 0.05) is 7.05 Å². The van der Waals surface area contributed by atoms with E-state index in [4.69, 9.17) is 5.26 Å². The normalized spacial score (nSPS) is 13.4. The Morgan fingerprint density at radius 3 is 2.53 bits per heavy atom. The maximum Gasteiger partial charge on any atom is 0.247 e. The third-order valence-corrected chi connectivity index (χ3v) is 4.23. The smallest absolute Gasteiger partial charge is 0.207 e. The fourth-order valence-corrected chi connectivity index (χ4v) is 2.47. The van der Waals surface area contributed by atoms with Crippen LogP contribution in [0.15, 0.2) is 23.1 Å². The van der Waals surface area contributed by atoms with Crippen LogP contribution in [0.4, 0.5) is 8.78 Å². The van der Waals surface area contributed by atoms with Crippen LogP contribution in [0, 0.1) is 23.0 Å². The lowest BCUT2D eigenvalue weighted by Gasteiger charge is -2.19. The average Bonchev–Trinajstić information content (AvgIpc) is 2.30. The van der Waals surface area contributed by atoms with Gasteiger partial charge in [-0.2, -0.15) is 9.57 Å². The van der Waals surface area contributed by atoms with Gasteiger partial charge in [0.05, 0.1) is 6.07 Å². The molecule has 0 saturated carbocycles. The van der Waals surface area contributed by atoms with Gasteiger partial charge in [0.1, 0.15) is 22.6 Å². The Balaban J connectivity index is 3.32. The van der Waals surface area contributed by atoms with Crippen LogP contribution in [-0.2, 0) is 10.0 Å². The predicted octanol–water partition coefficient (Wildman–Crippen LogP) is 1.50. The summed E-state index contributed by atoms with van der Waals surface area (Å²) in [5, 5.41) is 8.62. The van der Waals surface area contributed by atoms with Crippen LogP contribution < -0.4 is 0 Å². The summed E-state index contributed by atoms with van der Waals surface area (Å²) in [6.07, 6.45) is 0. The SMILES string of the molecule is CC(C#N)N(C)S(=O)(=O)c1cc(F)ccc1F. The molecule has 0 saturated heterocycles. The van der Waals surface area contributed by atoms with E-state index in [-0.39, 0.29) is 0 Å². The maximum absolute atomic E-state index is 13.3. The standard InChI is InChI=1S/C10H10F2N2O2S/c1-7(6-13)14(2)17(15,16)10-5-8(11)3-4-9(10)12/h3-5,7H,1-2H3. The molecule has 1 aromatic rings. The molecule has 0 heterocycles. The van der Waals surface area contributed by atoms with Gasteiger partial charge in [-0.3, -0.25) is 0 Å². The van der Waals surface area contributed by atoms with Crippen molar-refractivity contribution >= 4 is 10.0 Å². The summed E-state index contributed by atoms with van der Waals surface area (Å²) < 4.78 is 50.7. The number of benzene rings is 1. The molecule has 0 radical (unpaired) electrons. The van der Waals surface area contributed by atoms with E-state index < -0.39 is 32.6 Å². The molecule has 1 unspecified atom stereocenters. The van der Waals surface area contributed by atoms with Crippen LogP contribution >= 0.6 is 0 Å². The van der Waals surface area contributed by atoms with Crippen molar-refractivity contribution < 1.29 is 17.2 Å². The van der Waals surface area contributed by atoms with Crippen molar-refractivity contribution in [1.29, 1.82) is 5.26 Å². The molecule has 1 rings (SSSR count). The van der Waals surface area contributed by atoms with E-state index in [1.807, 2.05) is 0 Å². The van der Waals surface area contributed by atoms with Gasteiger partial charge >= 0.3 is 0 Å². The van der Waals surface area contributed by atoms with Gasteiger partial charge in [-0.1, -0.05) is 0 Å². The Kier molecular flexibility index (Phi) is 3.80. The quantitative estimate of drug-likeness (QED) is 0.827. The first-order valence-electron chi connectivity index (χ1n) is 4.63. The van der Waals surface area contributed by atoms with Crippen molar-refractivity contribution in [2.45, 2.75) is 17.9 Å². The molecule has 1 aromatic carbocycles. The largest absolute Gasteiger partial charge is 0.247 e. The van der Waals surface area contributed by atoms with E-state index in [1.54, 1.807) is 6.07 Å². The fraction of sp³-hybridized carbons (Fsp3) is 0.300. The van der Waals surface area contributed by atoms with Crippen molar-refractivity contribution in [3.8, 4) is 6.07 Å². The van der Waals surface area contributed by atoms with E-state index in [9.17, 15) is 17.2 Å². The van der Waals surface area contributed by atoms with Crippen LogP contribution in [-0.4, -0.2) is 25.8 Å². The summed E-state index contributed by atoms with van der Waals surface area (Å²) in [4.78, 5) is -0.776. The Hall–Kier alpha value is -1.52. The minimum absolute atomic E-state index is 0.589. The van der Waals surface area contributed by atoms with Crippen molar-refractivity contribution in [3.05, 3.63) is 29.8 Å². The van der Waals surface area contributed by atoms with Crippen molar-refractivity contribution in [3.63, 3.8) is 0 Å². The number of sulfonamides is 1. The van der Waals surface area contributed by atoms with Gasteiger partial charge in [-0.15, -0.1) is 0 Å². The lowest BCUT2D eigenvalue weighted by Crippen LogP contribution is -2.34. The molecule has 1 atom stereocenters. The molecule has 4 nitrogen and oxygen atoms in total. The lowest BCUT2D eigenvalue weighted by atomic mass is 10.3. The van der Waals surface area contributed by atoms with E-state index >= 15 is 0 Å². The maximum atomic E-state index is 13.3. The molecular formula is C10H10F2N2O2S. The van der Waals surface area contributed by atoms with E-state index in [1.165, 1.54) is 6.92 Å². The molecule has 7 heteroatoms. The third-order valence-electron chi connectivity index (χ3n) is 2.28. The number of rotatable bonds is 3. The Labute approximate surface area is 98.1 Å². The molecule has 17 heavy (non-hydrogen) atoms. The Morgan fingerprint density at radius 2 is 2.00 bits per heavy atom. The second-order valence-electron chi connectivity index (χ2n) is 3.40. The second-order valence-corrected chi connectivity index (χ2v) is 5.37. The van der Waals surface area contributed by atoms with Crippen molar-refractivity contribution in [1.82, 2.24) is 4.31 Å². The van der Waals surface area contributed by atoms with Crippen molar-refractivity contribution in [2.24, 2.45) is 0 Å². The molecule has 92 valence electrons. The highest BCUT2D eigenvalue weighted by Crippen LogP contribution is 2.20. The summed E-state index contributed by atoms with van der Waals surface area (Å²) in [5.74, 6) is -1.91. The van der Waals surface area contributed by atoms with E-state index in [0.29, 0.717) is 10.4 Å². The molecule has 0 aliphatic heterocycles. The minimum Gasteiger partial charge on any atom is -0.207 e. The summed E-state index contributed by atoms with van der Waals surface area (Å²) in [7, 11) is -3.08. The number of halogens is 2. The number of nitriles is 1. The molecule has 0 aromatic heterocycles. The number of nitrogens with zero attached hydrogens (tertiary/aromatic N) is 2. The Bertz CT molecular complexity index is 566. The van der Waals surface area contributed by atoms with E-state index in [2.05, 4.69) is 0 Å². The van der Waals surface area contributed by atoms with Gasteiger partial charge < -0.3 is 0 Å².